The quantitative estimate of drug-likeness (QED) is 0.665. The second-order valence-corrected chi connectivity index (χ2v) is 3.36. The van der Waals surface area contributed by atoms with Gasteiger partial charge in [0.2, 0.25) is 6.29 Å². The maximum Gasteiger partial charge on any atom is 0.210 e. The van der Waals surface area contributed by atoms with Gasteiger partial charge in [0.05, 0.1) is 5.92 Å². The fraction of sp³-hybridized carbons (Fsp3) is 0.600. The molecule has 0 aromatic rings. The topological polar surface area (TPSA) is 59.3 Å². The zero-order chi connectivity index (χ0) is 10.7. The first-order valence-corrected chi connectivity index (χ1v) is 4.42. The van der Waals surface area contributed by atoms with Crippen LogP contribution in [0.3, 0.4) is 0 Å². The summed E-state index contributed by atoms with van der Waals surface area (Å²) in [6.07, 6.45) is 1.02. The minimum absolute atomic E-state index is 0.0117. The summed E-state index contributed by atoms with van der Waals surface area (Å²) in [5.41, 5.74) is 0. The van der Waals surface area contributed by atoms with Crippen molar-refractivity contribution in [2.75, 3.05) is 7.11 Å². The van der Waals surface area contributed by atoms with Crippen LogP contribution in [0, 0.1) is 23.2 Å². The van der Waals surface area contributed by atoms with Crippen molar-refractivity contribution in [3.63, 3.8) is 0 Å². The van der Waals surface area contributed by atoms with Gasteiger partial charge in [-0.1, -0.05) is 6.92 Å². The minimum atomic E-state index is -0.637. The van der Waals surface area contributed by atoms with Gasteiger partial charge >= 0.3 is 0 Å². The Hall–Kier alpha value is -1.34. The molecule has 0 N–H and O–H groups in total. The molecule has 76 valence electrons. The summed E-state index contributed by atoms with van der Waals surface area (Å²) in [6, 6.07) is 1.91. The monoisotopic (exact) mass is 195 g/mol. The largest absolute Gasteiger partial charge is 0.454 e. The summed E-state index contributed by atoms with van der Waals surface area (Å²) in [6.45, 7) is 3.37. The number of hydrogen-bond donors (Lipinski definition) is 0. The van der Waals surface area contributed by atoms with Crippen LogP contribution in [0.25, 0.3) is 0 Å². The number of carbonyl (C=O) groups excluding carboxylic acids is 1. The Balaban J connectivity index is 2.93. The molecule has 0 bridgehead atoms. The van der Waals surface area contributed by atoms with Gasteiger partial charge in [0.15, 0.2) is 5.76 Å². The molecular weight excluding hydrogens is 182 g/mol. The normalized spacial score (nSPS) is 31.3. The number of ether oxygens (including phenoxy) is 2. The molecule has 1 aliphatic rings. The molecule has 3 atom stereocenters. The molecule has 0 unspecified atom stereocenters. The first kappa shape index (κ1) is 10.7. The molecule has 14 heavy (non-hydrogen) atoms. The third-order valence-corrected chi connectivity index (χ3v) is 2.33. The molecule has 0 saturated carbocycles. The number of nitrogens with zero attached hydrogens (tertiary/aromatic N) is 1. The van der Waals surface area contributed by atoms with E-state index in [2.05, 4.69) is 0 Å². The average molecular weight is 195 g/mol. The highest BCUT2D eigenvalue weighted by atomic mass is 16.7. The molecule has 0 aliphatic carbocycles. The van der Waals surface area contributed by atoms with Crippen molar-refractivity contribution in [2.45, 2.75) is 20.1 Å². The first-order chi connectivity index (χ1) is 6.60. The summed E-state index contributed by atoms with van der Waals surface area (Å²) < 4.78 is 10.2. The van der Waals surface area contributed by atoms with Gasteiger partial charge in [-0.3, -0.25) is 4.79 Å². The Kier molecular flexibility index (Phi) is 3.26. The average Bonchev–Trinajstić information content (AvgIpc) is 2.15. The number of ketones is 1. The van der Waals surface area contributed by atoms with Crippen LogP contribution >= 0.6 is 0 Å². The first-order valence-electron chi connectivity index (χ1n) is 4.42. The molecule has 0 fully saturated rings. The second kappa shape index (κ2) is 4.25. The van der Waals surface area contributed by atoms with Crippen LogP contribution in [-0.4, -0.2) is 19.2 Å². The second-order valence-electron chi connectivity index (χ2n) is 3.36. The molecular formula is C10H13NO3. The SMILES string of the molecule is CO[C@H]1OC(C#N)=C[C@H](C)[C@H]1C(C)=O. The number of hydrogen-bond acceptors (Lipinski definition) is 4. The molecule has 0 radical (unpaired) electrons. The maximum absolute atomic E-state index is 11.3. The van der Waals surface area contributed by atoms with Crippen LogP contribution in [0.15, 0.2) is 11.8 Å². The van der Waals surface area contributed by atoms with Gasteiger partial charge < -0.3 is 9.47 Å². The van der Waals surface area contributed by atoms with Crippen molar-refractivity contribution in [1.82, 2.24) is 0 Å². The molecule has 0 amide bonds. The Morgan fingerprint density at radius 3 is 2.79 bits per heavy atom. The summed E-state index contributed by atoms with van der Waals surface area (Å²) in [7, 11) is 1.47. The Bertz CT molecular complexity index is 303. The lowest BCUT2D eigenvalue weighted by atomic mass is 9.88. The zero-order valence-electron chi connectivity index (χ0n) is 8.48. The van der Waals surface area contributed by atoms with Gasteiger partial charge in [-0.25, -0.2) is 0 Å². The van der Waals surface area contributed by atoms with Gasteiger partial charge in [-0.05, 0) is 18.9 Å². The van der Waals surface area contributed by atoms with E-state index in [1.165, 1.54) is 14.0 Å². The number of allylic oxidation sites excluding steroid dienone is 2. The van der Waals surface area contributed by atoms with Crippen LogP contribution in [0.1, 0.15) is 13.8 Å². The van der Waals surface area contributed by atoms with E-state index in [1.807, 2.05) is 13.0 Å². The highest BCUT2D eigenvalue weighted by Crippen LogP contribution is 2.28. The molecule has 0 saturated heterocycles. The van der Waals surface area contributed by atoms with E-state index in [0.717, 1.165) is 0 Å². The van der Waals surface area contributed by atoms with E-state index in [1.54, 1.807) is 6.08 Å². The summed E-state index contributed by atoms with van der Waals surface area (Å²) in [5, 5.41) is 8.66. The Morgan fingerprint density at radius 2 is 2.36 bits per heavy atom. The third-order valence-electron chi connectivity index (χ3n) is 2.33. The Labute approximate surface area is 83.1 Å². The fourth-order valence-corrected chi connectivity index (χ4v) is 1.65. The molecule has 4 nitrogen and oxygen atoms in total. The van der Waals surface area contributed by atoms with E-state index >= 15 is 0 Å². The summed E-state index contributed by atoms with van der Waals surface area (Å²) in [5.74, 6) is -0.114. The van der Waals surface area contributed by atoms with Gasteiger partial charge in [0.1, 0.15) is 11.9 Å². The fourth-order valence-electron chi connectivity index (χ4n) is 1.65. The molecule has 1 aliphatic heterocycles. The number of methoxy groups -OCH3 is 1. The molecule has 0 aromatic heterocycles. The van der Waals surface area contributed by atoms with E-state index < -0.39 is 6.29 Å². The third kappa shape index (κ3) is 1.94. The maximum atomic E-state index is 11.3. The smallest absolute Gasteiger partial charge is 0.210 e. The van der Waals surface area contributed by atoms with Crippen LogP contribution in [-0.2, 0) is 14.3 Å². The van der Waals surface area contributed by atoms with Gasteiger partial charge in [0.25, 0.3) is 0 Å². The van der Waals surface area contributed by atoms with Crippen molar-refractivity contribution in [1.29, 1.82) is 5.26 Å². The van der Waals surface area contributed by atoms with E-state index in [4.69, 9.17) is 14.7 Å². The van der Waals surface area contributed by atoms with Gasteiger partial charge in [-0.15, -0.1) is 0 Å². The van der Waals surface area contributed by atoms with Gasteiger partial charge in [0, 0.05) is 7.11 Å². The van der Waals surface area contributed by atoms with E-state index in [9.17, 15) is 4.79 Å². The van der Waals surface area contributed by atoms with Crippen LogP contribution in [0.2, 0.25) is 0 Å². The van der Waals surface area contributed by atoms with Crippen molar-refractivity contribution >= 4 is 5.78 Å². The van der Waals surface area contributed by atoms with Crippen LogP contribution < -0.4 is 0 Å². The number of rotatable bonds is 2. The van der Waals surface area contributed by atoms with Crippen LogP contribution in [0.4, 0.5) is 0 Å². The predicted molar refractivity (Wildman–Crippen MR) is 48.9 cm³/mol. The van der Waals surface area contributed by atoms with Crippen molar-refractivity contribution in [3.8, 4) is 6.07 Å². The van der Waals surface area contributed by atoms with Crippen molar-refractivity contribution in [3.05, 3.63) is 11.8 Å². The molecule has 0 spiro atoms. The zero-order valence-corrected chi connectivity index (χ0v) is 8.48. The van der Waals surface area contributed by atoms with Crippen LogP contribution in [0.5, 0.6) is 0 Å². The number of nitriles is 1. The standard InChI is InChI=1S/C10H13NO3/c1-6-4-8(5-11)14-10(13-3)9(6)7(2)12/h4,6,9-10H,1-3H3/t6-,9-,10-/m0/s1. The summed E-state index contributed by atoms with van der Waals surface area (Å²) >= 11 is 0. The lowest BCUT2D eigenvalue weighted by molar-refractivity contribution is -0.160. The molecule has 1 heterocycles. The lowest BCUT2D eigenvalue weighted by Gasteiger charge is -2.31. The summed E-state index contributed by atoms with van der Waals surface area (Å²) in [4.78, 5) is 11.3. The van der Waals surface area contributed by atoms with Crippen molar-refractivity contribution in [2.24, 2.45) is 11.8 Å². The Morgan fingerprint density at radius 1 is 1.71 bits per heavy atom. The highest BCUT2D eigenvalue weighted by Gasteiger charge is 2.35. The minimum Gasteiger partial charge on any atom is -0.454 e. The lowest BCUT2D eigenvalue weighted by Crippen LogP contribution is -2.37. The molecule has 4 heteroatoms. The molecule has 1 rings (SSSR count). The highest BCUT2D eigenvalue weighted by molar-refractivity contribution is 5.79. The van der Waals surface area contributed by atoms with Gasteiger partial charge in [-0.2, -0.15) is 5.26 Å². The van der Waals surface area contributed by atoms with E-state index in [0.29, 0.717) is 0 Å². The number of Topliss-reactive ketones (excluding diaryl/α,β-unsaturated/α-hetero) is 1. The predicted octanol–water partition coefficient (Wildman–Crippen LogP) is 1.24. The number of carbonyl (C=O) groups is 1. The van der Waals surface area contributed by atoms with Crippen molar-refractivity contribution < 1.29 is 14.3 Å². The van der Waals surface area contributed by atoms with E-state index in [-0.39, 0.29) is 23.4 Å². The molecule has 0 aromatic carbocycles.